The zero-order chi connectivity index (χ0) is 14.8. The first-order chi connectivity index (χ1) is 10.3. The van der Waals surface area contributed by atoms with Crippen LogP contribution in [0, 0.1) is 11.3 Å². The van der Waals surface area contributed by atoms with E-state index < -0.39 is 0 Å². The first kappa shape index (κ1) is 13.6. The number of nitrogens with zero attached hydrogens (tertiary/aromatic N) is 6. The Labute approximate surface area is 126 Å². The van der Waals surface area contributed by atoms with Gasteiger partial charge in [-0.1, -0.05) is 0 Å². The minimum absolute atomic E-state index is 0.302. The molecule has 0 aliphatic heterocycles. The van der Waals surface area contributed by atoms with Crippen LogP contribution in [0.2, 0.25) is 0 Å². The Morgan fingerprint density at radius 1 is 1.33 bits per heavy atom. The molecule has 0 bridgehead atoms. The van der Waals surface area contributed by atoms with Gasteiger partial charge < -0.3 is 9.13 Å². The van der Waals surface area contributed by atoms with Crippen LogP contribution in [0.3, 0.4) is 0 Å². The van der Waals surface area contributed by atoms with E-state index >= 15 is 0 Å². The number of halogens is 1. The maximum Gasteiger partial charge on any atom is 0.152 e. The Bertz CT molecular complexity index is 826. The molecule has 0 unspecified atom stereocenters. The molecule has 106 valence electrons. The van der Waals surface area contributed by atoms with E-state index in [1.807, 2.05) is 28.2 Å². The fraction of sp³-hybridized carbons (Fsp3) is 0.286. The molecule has 0 radical (unpaired) electrons. The fourth-order valence-corrected chi connectivity index (χ4v) is 2.53. The summed E-state index contributed by atoms with van der Waals surface area (Å²) in [6, 6.07) is 7.57. The summed E-state index contributed by atoms with van der Waals surface area (Å²) in [5.41, 5.74) is 2.31. The molecule has 0 aliphatic rings. The SMILES string of the molecule is CCn1cnnc1Cn1c(CCl)nc2ccc(C#N)cc21. The number of aryl methyl sites for hydroxylation is 1. The van der Waals surface area contributed by atoms with Crippen molar-refractivity contribution in [2.24, 2.45) is 0 Å². The smallest absolute Gasteiger partial charge is 0.152 e. The predicted octanol–water partition coefficient (Wildman–Crippen LogP) is 2.31. The molecular weight excluding hydrogens is 288 g/mol. The molecule has 0 spiro atoms. The molecule has 21 heavy (non-hydrogen) atoms. The van der Waals surface area contributed by atoms with Crippen molar-refractivity contribution in [3.05, 3.63) is 41.7 Å². The lowest BCUT2D eigenvalue weighted by atomic mass is 10.2. The van der Waals surface area contributed by atoms with E-state index in [0.29, 0.717) is 18.0 Å². The number of imidazole rings is 1. The monoisotopic (exact) mass is 300 g/mol. The maximum atomic E-state index is 9.06. The Kier molecular flexibility index (Phi) is 3.59. The standard InChI is InChI=1S/C14H13ClN6/c1-2-20-9-17-19-14(20)8-21-12-5-10(7-16)3-4-11(12)18-13(21)6-15/h3-5,9H,2,6,8H2,1H3. The Morgan fingerprint density at radius 3 is 2.90 bits per heavy atom. The third kappa shape index (κ3) is 2.36. The quantitative estimate of drug-likeness (QED) is 0.693. The molecule has 7 heteroatoms. The Balaban J connectivity index is 2.13. The molecule has 0 saturated carbocycles. The molecule has 0 N–H and O–H groups in total. The van der Waals surface area contributed by atoms with E-state index in [0.717, 1.165) is 29.2 Å². The number of fused-ring (bicyclic) bond motifs is 1. The summed E-state index contributed by atoms with van der Waals surface area (Å²) in [6.07, 6.45) is 1.70. The molecule has 3 rings (SSSR count). The van der Waals surface area contributed by atoms with Crippen molar-refractivity contribution in [3.63, 3.8) is 0 Å². The molecule has 2 heterocycles. The summed E-state index contributed by atoms with van der Waals surface area (Å²) in [6.45, 7) is 3.37. The zero-order valence-electron chi connectivity index (χ0n) is 11.5. The third-order valence-corrected chi connectivity index (χ3v) is 3.65. The van der Waals surface area contributed by atoms with Gasteiger partial charge in [-0.05, 0) is 25.1 Å². The van der Waals surface area contributed by atoms with Gasteiger partial charge in [-0.25, -0.2) is 4.98 Å². The summed E-state index contributed by atoms with van der Waals surface area (Å²) in [7, 11) is 0. The van der Waals surface area contributed by atoms with Crippen molar-refractivity contribution in [2.75, 3.05) is 0 Å². The van der Waals surface area contributed by atoms with E-state index in [1.165, 1.54) is 0 Å². The lowest BCUT2D eigenvalue weighted by Crippen LogP contribution is -2.10. The molecule has 0 aliphatic carbocycles. The molecule has 1 aromatic carbocycles. The summed E-state index contributed by atoms with van der Waals surface area (Å²) in [5.74, 6) is 1.90. The van der Waals surface area contributed by atoms with Crippen LogP contribution in [0.5, 0.6) is 0 Å². The molecule has 2 aromatic heterocycles. The van der Waals surface area contributed by atoms with Gasteiger partial charge in [-0.2, -0.15) is 5.26 Å². The van der Waals surface area contributed by atoms with Crippen LogP contribution in [0.15, 0.2) is 24.5 Å². The number of rotatable bonds is 4. The van der Waals surface area contributed by atoms with Crippen LogP contribution in [0.25, 0.3) is 11.0 Å². The van der Waals surface area contributed by atoms with Crippen LogP contribution in [-0.2, 0) is 19.0 Å². The van der Waals surface area contributed by atoms with E-state index in [4.69, 9.17) is 16.9 Å². The number of aromatic nitrogens is 5. The van der Waals surface area contributed by atoms with Gasteiger partial charge in [-0.3, -0.25) is 0 Å². The maximum absolute atomic E-state index is 9.06. The highest BCUT2D eigenvalue weighted by atomic mass is 35.5. The van der Waals surface area contributed by atoms with Gasteiger partial charge >= 0.3 is 0 Å². The van der Waals surface area contributed by atoms with E-state index in [2.05, 4.69) is 21.3 Å². The fourth-order valence-electron chi connectivity index (χ4n) is 2.33. The average Bonchev–Trinajstić information content (AvgIpc) is 3.11. The van der Waals surface area contributed by atoms with Crippen molar-refractivity contribution in [2.45, 2.75) is 25.9 Å². The van der Waals surface area contributed by atoms with E-state index in [9.17, 15) is 0 Å². The Hall–Kier alpha value is -2.39. The van der Waals surface area contributed by atoms with Crippen molar-refractivity contribution < 1.29 is 0 Å². The van der Waals surface area contributed by atoms with Gasteiger partial charge in [0.05, 0.1) is 35.1 Å². The van der Waals surface area contributed by atoms with Crippen molar-refractivity contribution in [1.29, 1.82) is 5.26 Å². The highest BCUT2D eigenvalue weighted by Gasteiger charge is 2.13. The van der Waals surface area contributed by atoms with Crippen molar-refractivity contribution >= 4 is 22.6 Å². The first-order valence-corrected chi connectivity index (χ1v) is 7.12. The van der Waals surface area contributed by atoms with Crippen LogP contribution in [-0.4, -0.2) is 24.3 Å². The number of benzene rings is 1. The van der Waals surface area contributed by atoms with E-state index in [1.54, 1.807) is 12.4 Å². The van der Waals surface area contributed by atoms with Gasteiger partial charge in [0.2, 0.25) is 0 Å². The highest BCUT2D eigenvalue weighted by molar-refractivity contribution is 6.16. The van der Waals surface area contributed by atoms with Crippen LogP contribution in [0.1, 0.15) is 24.1 Å². The molecule has 0 atom stereocenters. The Morgan fingerprint density at radius 2 is 2.19 bits per heavy atom. The van der Waals surface area contributed by atoms with Gasteiger partial charge in [-0.15, -0.1) is 21.8 Å². The molecular formula is C14H13ClN6. The van der Waals surface area contributed by atoms with E-state index in [-0.39, 0.29) is 0 Å². The normalized spacial score (nSPS) is 10.9. The average molecular weight is 301 g/mol. The molecule has 3 aromatic rings. The second kappa shape index (κ2) is 5.54. The van der Waals surface area contributed by atoms with Crippen LogP contribution >= 0.6 is 11.6 Å². The van der Waals surface area contributed by atoms with Crippen molar-refractivity contribution in [3.8, 4) is 6.07 Å². The van der Waals surface area contributed by atoms with Gasteiger partial charge in [0, 0.05) is 6.54 Å². The third-order valence-electron chi connectivity index (χ3n) is 3.41. The second-order valence-corrected chi connectivity index (χ2v) is 4.86. The van der Waals surface area contributed by atoms with Gasteiger partial charge in [0.1, 0.15) is 12.2 Å². The minimum Gasteiger partial charge on any atom is -0.319 e. The minimum atomic E-state index is 0.302. The van der Waals surface area contributed by atoms with Crippen LogP contribution in [0.4, 0.5) is 0 Å². The van der Waals surface area contributed by atoms with Gasteiger partial charge in [0.15, 0.2) is 5.82 Å². The van der Waals surface area contributed by atoms with Gasteiger partial charge in [0.25, 0.3) is 0 Å². The zero-order valence-corrected chi connectivity index (χ0v) is 12.2. The molecule has 0 saturated heterocycles. The first-order valence-electron chi connectivity index (χ1n) is 6.58. The summed E-state index contributed by atoms with van der Waals surface area (Å²) < 4.78 is 3.96. The lowest BCUT2D eigenvalue weighted by molar-refractivity contribution is 0.648. The highest BCUT2D eigenvalue weighted by Crippen LogP contribution is 2.20. The topological polar surface area (TPSA) is 72.3 Å². The summed E-state index contributed by atoms with van der Waals surface area (Å²) in [4.78, 5) is 4.51. The summed E-state index contributed by atoms with van der Waals surface area (Å²) in [5, 5.41) is 17.1. The molecule has 0 fully saturated rings. The largest absolute Gasteiger partial charge is 0.319 e. The molecule has 0 amide bonds. The summed E-state index contributed by atoms with van der Waals surface area (Å²) >= 11 is 6.00. The number of nitriles is 1. The van der Waals surface area contributed by atoms with Crippen LogP contribution < -0.4 is 0 Å². The lowest BCUT2D eigenvalue weighted by Gasteiger charge is -2.08. The predicted molar refractivity (Wildman–Crippen MR) is 78.8 cm³/mol. The van der Waals surface area contributed by atoms with Crippen molar-refractivity contribution in [1.82, 2.24) is 24.3 Å². The number of alkyl halides is 1. The number of hydrogen-bond acceptors (Lipinski definition) is 4. The second-order valence-electron chi connectivity index (χ2n) is 4.60. The number of hydrogen-bond donors (Lipinski definition) is 0. The molecule has 6 nitrogen and oxygen atoms in total.